The Morgan fingerprint density at radius 1 is 1.25 bits per heavy atom. The van der Waals surface area contributed by atoms with Crippen LogP contribution in [0.4, 0.5) is 0 Å². The number of methoxy groups -OCH3 is 2. The first-order valence-electron chi connectivity index (χ1n) is 5.32. The molecule has 1 fully saturated rings. The molecule has 0 aliphatic carbocycles. The maximum atomic E-state index is 5.42. The summed E-state index contributed by atoms with van der Waals surface area (Å²) in [7, 11) is 3.38. The van der Waals surface area contributed by atoms with Crippen LogP contribution in [0.25, 0.3) is 0 Å². The molecule has 0 bridgehead atoms. The summed E-state index contributed by atoms with van der Waals surface area (Å²) in [5.74, 6) is 2.29. The van der Waals surface area contributed by atoms with Crippen molar-refractivity contribution >= 4 is 15.9 Å². The molecule has 1 aromatic carbocycles. The number of hydrogen-bond acceptors (Lipinski definition) is 3. The summed E-state index contributed by atoms with van der Waals surface area (Å²) < 4.78 is 11.7. The number of rotatable bonds is 3. The van der Waals surface area contributed by atoms with E-state index in [2.05, 4.69) is 34.2 Å². The second-order valence-corrected chi connectivity index (χ2v) is 4.89. The monoisotopic (exact) mass is 285 g/mol. The van der Waals surface area contributed by atoms with Crippen LogP contribution in [0.1, 0.15) is 18.4 Å². The molecule has 16 heavy (non-hydrogen) atoms. The van der Waals surface area contributed by atoms with Crippen molar-refractivity contribution in [2.75, 3.05) is 20.8 Å². The summed E-state index contributed by atoms with van der Waals surface area (Å²) in [6, 6.07) is 4.53. The fourth-order valence-corrected chi connectivity index (χ4v) is 2.51. The molecule has 2 unspecified atom stereocenters. The first-order valence-corrected chi connectivity index (χ1v) is 6.11. The smallest absolute Gasteiger partial charge is 0.133 e. The number of ether oxygens (including phenoxy) is 2. The molecule has 1 heterocycles. The van der Waals surface area contributed by atoms with Gasteiger partial charge in [0, 0.05) is 24.1 Å². The van der Waals surface area contributed by atoms with Gasteiger partial charge in [0.2, 0.25) is 0 Å². The maximum absolute atomic E-state index is 5.42. The molecule has 3 nitrogen and oxygen atoms in total. The van der Waals surface area contributed by atoms with Crippen LogP contribution < -0.4 is 14.8 Å². The highest BCUT2D eigenvalue weighted by atomic mass is 79.9. The fraction of sp³-hybridized carbons (Fsp3) is 0.500. The molecule has 2 rings (SSSR count). The molecule has 1 N–H and O–H groups in total. The van der Waals surface area contributed by atoms with Crippen LogP contribution >= 0.6 is 15.9 Å². The average Bonchev–Trinajstić information content (AvgIpc) is 2.28. The second-order valence-electron chi connectivity index (χ2n) is 4.03. The highest BCUT2D eigenvalue weighted by molar-refractivity contribution is 9.10. The van der Waals surface area contributed by atoms with E-state index in [9.17, 15) is 0 Å². The molecule has 0 amide bonds. The molecule has 0 saturated carbocycles. The van der Waals surface area contributed by atoms with Crippen LogP contribution in [0.2, 0.25) is 0 Å². The van der Waals surface area contributed by atoms with Gasteiger partial charge >= 0.3 is 0 Å². The molecule has 0 aromatic heterocycles. The minimum absolute atomic E-state index is 0.500. The quantitative estimate of drug-likeness (QED) is 0.926. The average molecular weight is 286 g/mol. The molecular weight excluding hydrogens is 270 g/mol. The minimum atomic E-state index is 0.500. The Labute approximate surface area is 104 Å². The van der Waals surface area contributed by atoms with Crippen LogP contribution in [0.3, 0.4) is 0 Å². The summed E-state index contributed by atoms with van der Waals surface area (Å²) >= 11 is 3.47. The van der Waals surface area contributed by atoms with Gasteiger partial charge in [0.1, 0.15) is 11.5 Å². The van der Waals surface area contributed by atoms with Gasteiger partial charge in [-0.2, -0.15) is 0 Å². The van der Waals surface area contributed by atoms with E-state index in [4.69, 9.17) is 9.47 Å². The van der Waals surface area contributed by atoms with Gasteiger partial charge in [-0.3, -0.25) is 0 Å². The van der Waals surface area contributed by atoms with Crippen LogP contribution in [0, 0.1) is 0 Å². The predicted octanol–water partition coefficient (Wildman–Crippen LogP) is 2.54. The third kappa shape index (κ3) is 1.92. The van der Waals surface area contributed by atoms with Gasteiger partial charge in [-0.05, 0) is 35.0 Å². The van der Waals surface area contributed by atoms with Gasteiger partial charge < -0.3 is 14.8 Å². The molecule has 1 aliphatic heterocycles. The van der Waals surface area contributed by atoms with Crippen LogP contribution in [0.15, 0.2) is 16.6 Å². The van der Waals surface area contributed by atoms with Crippen molar-refractivity contribution in [2.45, 2.75) is 18.9 Å². The standard InChI is InChI=1S/C12H16BrNO2/c1-7-9(6-14-7)8-4-12(16-3)10(13)5-11(8)15-2/h4-5,7,9,14H,6H2,1-3H3. The topological polar surface area (TPSA) is 30.5 Å². The van der Waals surface area contributed by atoms with Crippen molar-refractivity contribution in [1.82, 2.24) is 5.32 Å². The Kier molecular flexibility index (Phi) is 3.40. The summed E-state index contributed by atoms with van der Waals surface area (Å²) in [4.78, 5) is 0. The molecule has 0 radical (unpaired) electrons. The normalized spacial score (nSPS) is 23.8. The van der Waals surface area contributed by atoms with Crippen molar-refractivity contribution in [1.29, 1.82) is 0 Å². The zero-order valence-corrected chi connectivity index (χ0v) is 11.3. The maximum Gasteiger partial charge on any atom is 0.133 e. The fourth-order valence-electron chi connectivity index (χ4n) is 2.02. The number of benzene rings is 1. The van der Waals surface area contributed by atoms with Crippen LogP contribution in [-0.2, 0) is 0 Å². The van der Waals surface area contributed by atoms with Gasteiger partial charge in [0.25, 0.3) is 0 Å². The Balaban J connectivity index is 2.41. The van der Waals surface area contributed by atoms with Crippen molar-refractivity contribution in [2.24, 2.45) is 0 Å². The third-order valence-electron chi connectivity index (χ3n) is 3.17. The lowest BCUT2D eigenvalue weighted by atomic mass is 9.85. The third-order valence-corrected chi connectivity index (χ3v) is 3.79. The second kappa shape index (κ2) is 4.63. The van der Waals surface area contributed by atoms with E-state index in [0.29, 0.717) is 12.0 Å². The summed E-state index contributed by atoms with van der Waals surface area (Å²) in [5.41, 5.74) is 1.22. The number of nitrogens with one attached hydrogen (secondary N) is 1. The summed E-state index contributed by atoms with van der Waals surface area (Å²) in [6.07, 6.45) is 0. The minimum Gasteiger partial charge on any atom is -0.496 e. The molecule has 0 spiro atoms. The highest BCUT2D eigenvalue weighted by Crippen LogP contribution is 2.39. The number of halogens is 1. The van der Waals surface area contributed by atoms with E-state index >= 15 is 0 Å². The molecule has 4 heteroatoms. The van der Waals surface area contributed by atoms with Crippen molar-refractivity contribution < 1.29 is 9.47 Å². The van der Waals surface area contributed by atoms with E-state index < -0.39 is 0 Å². The van der Waals surface area contributed by atoms with Crippen molar-refractivity contribution in [3.63, 3.8) is 0 Å². The van der Waals surface area contributed by atoms with Gasteiger partial charge in [0.15, 0.2) is 0 Å². The van der Waals surface area contributed by atoms with Crippen molar-refractivity contribution in [3.8, 4) is 11.5 Å². The molecule has 1 aliphatic rings. The SMILES string of the molecule is COc1cc(C2CNC2C)c(OC)cc1Br. The van der Waals surface area contributed by atoms with Gasteiger partial charge in [-0.15, -0.1) is 0 Å². The molecule has 1 saturated heterocycles. The van der Waals surface area contributed by atoms with E-state index in [1.807, 2.05) is 6.07 Å². The van der Waals surface area contributed by atoms with Gasteiger partial charge in [0.05, 0.1) is 18.7 Å². The van der Waals surface area contributed by atoms with Gasteiger partial charge in [-0.1, -0.05) is 0 Å². The first-order chi connectivity index (χ1) is 7.67. The molecule has 1 aromatic rings. The molecule has 2 atom stereocenters. The van der Waals surface area contributed by atoms with E-state index in [0.717, 1.165) is 22.5 Å². The highest BCUT2D eigenvalue weighted by Gasteiger charge is 2.30. The lowest BCUT2D eigenvalue weighted by Crippen LogP contribution is -2.48. The largest absolute Gasteiger partial charge is 0.496 e. The van der Waals surface area contributed by atoms with E-state index in [-0.39, 0.29) is 0 Å². The van der Waals surface area contributed by atoms with Crippen LogP contribution in [0.5, 0.6) is 11.5 Å². The molecular formula is C12H16BrNO2. The lowest BCUT2D eigenvalue weighted by molar-refractivity contribution is 0.317. The van der Waals surface area contributed by atoms with Crippen molar-refractivity contribution in [3.05, 3.63) is 22.2 Å². The Bertz CT molecular complexity index is 395. The van der Waals surface area contributed by atoms with Crippen LogP contribution in [-0.4, -0.2) is 26.8 Å². The molecule has 88 valence electrons. The first kappa shape index (κ1) is 11.7. The number of hydrogen-bond donors (Lipinski definition) is 1. The Morgan fingerprint density at radius 2 is 1.94 bits per heavy atom. The summed E-state index contributed by atoms with van der Waals surface area (Å²) in [5, 5.41) is 3.35. The lowest BCUT2D eigenvalue weighted by Gasteiger charge is -2.36. The zero-order chi connectivity index (χ0) is 11.7. The Hall–Kier alpha value is -0.740. The summed E-state index contributed by atoms with van der Waals surface area (Å²) in [6.45, 7) is 3.18. The van der Waals surface area contributed by atoms with E-state index in [1.54, 1.807) is 14.2 Å². The van der Waals surface area contributed by atoms with Gasteiger partial charge in [-0.25, -0.2) is 0 Å². The zero-order valence-electron chi connectivity index (χ0n) is 9.71. The van der Waals surface area contributed by atoms with E-state index in [1.165, 1.54) is 5.56 Å². The predicted molar refractivity (Wildman–Crippen MR) is 67.5 cm³/mol. The Morgan fingerprint density at radius 3 is 2.38 bits per heavy atom.